The van der Waals surface area contributed by atoms with Crippen molar-refractivity contribution in [3.05, 3.63) is 39.9 Å². The van der Waals surface area contributed by atoms with E-state index >= 15 is 0 Å². The number of hydrogen-bond acceptors (Lipinski definition) is 3. The maximum atomic E-state index is 5.97. The molecule has 0 unspecified atom stereocenters. The van der Waals surface area contributed by atoms with Gasteiger partial charge < -0.3 is 0 Å². The summed E-state index contributed by atoms with van der Waals surface area (Å²) in [5, 5.41) is 0.762. The summed E-state index contributed by atoms with van der Waals surface area (Å²) in [4.78, 5) is 12.4. The number of rotatable bonds is 1. The summed E-state index contributed by atoms with van der Waals surface area (Å²) in [6.45, 7) is 3.72. The zero-order valence-corrected chi connectivity index (χ0v) is 10.3. The van der Waals surface area contributed by atoms with Gasteiger partial charge in [0.15, 0.2) is 5.82 Å². The van der Waals surface area contributed by atoms with Gasteiger partial charge in [-0.3, -0.25) is 4.98 Å². The summed E-state index contributed by atoms with van der Waals surface area (Å²) in [7, 11) is 0. The Morgan fingerprint density at radius 2 is 1.69 bits per heavy atom. The smallest absolute Gasteiger partial charge is 0.162 e. The third kappa shape index (κ3) is 2.01. The maximum Gasteiger partial charge on any atom is 0.162 e. The van der Waals surface area contributed by atoms with Crippen LogP contribution in [0.15, 0.2) is 18.5 Å². The second-order valence-electron chi connectivity index (χ2n) is 3.44. The molecule has 2 aromatic rings. The van der Waals surface area contributed by atoms with E-state index in [0.717, 1.165) is 11.1 Å². The molecule has 0 atom stereocenters. The predicted molar refractivity (Wildman–Crippen MR) is 64.8 cm³/mol. The van der Waals surface area contributed by atoms with Crippen molar-refractivity contribution in [1.82, 2.24) is 15.0 Å². The van der Waals surface area contributed by atoms with Crippen molar-refractivity contribution in [2.75, 3.05) is 0 Å². The lowest BCUT2D eigenvalue weighted by Gasteiger charge is -2.06. The highest BCUT2D eigenvalue weighted by molar-refractivity contribution is 6.34. The Bertz CT molecular complexity index is 517. The Kier molecular flexibility index (Phi) is 3.08. The molecule has 0 aliphatic heterocycles. The molecule has 16 heavy (non-hydrogen) atoms. The third-order valence-corrected chi connectivity index (χ3v) is 3.02. The summed E-state index contributed by atoms with van der Waals surface area (Å²) in [5.41, 5.74) is 2.57. The van der Waals surface area contributed by atoms with Gasteiger partial charge in [-0.15, -0.1) is 0 Å². The number of aryl methyl sites for hydroxylation is 1. The third-order valence-electron chi connectivity index (χ3n) is 2.29. The van der Waals surface area contributed by atoms with Gasteiger partial charge in [0.1, 0.15) is 10.3 Å². The fourth-order valence-corrected chi connectivity index (χ4v) is 1.70. The second-order valence-corrected chi connectivity index (χ2v) is 4.16. The molecular weight excluding hydrogens is 245 g/mol. The highest BCUT2D eigenvalue weighted by Crippen LogP contribution is 2.25. The highest BCUT2D eigenvalue weighted by Gasteiger charge is 2.10. The lowest BCUT2D eigenvalue weighted by molar-refractivity contribution is 1.12. The largest absolute Gasteiger partial charge is 0.264 e. The SMILES string of the molecule is Cc1cnccc1-c1nc(Cl)c(C)c(Cl)n1. The van der Waals surface area contributed by atoms with Crippen molar-refractivity contribution >= 4 is 23.2 Å². The molecule has 0 bridgehead atoms. The van der Waals surface area contributed by atoms with Crippen LogP contribution in [0.1, 0.15) is 11.1 Å². The van der Waals surface area contributed by atoms with Gasteiger partial charge in [-0.05, 0) is 25.5 Å². The van der Waals surface area contributed by atoms with E-state index in [1.54, 1.807) is 19.3 Å². The maximum absolute atomic E-state index is 5.97. The minimum absolute atomic E-state index is 0.381. The molecule has 3 nitrogen and oxygen atoms in total. The van der Waals surface area contributed by atoms with Crippen LogP contribution in [0.3, 0.4) is 0 Å². The Hall–Kier alpha value is -1.19. The van der Waals surface area contributed by atoms with Crippen LogP contribution in [0, 0.1) is 13.8 Å². The Morgan fingerprint density at radius 1 is 1.06 bits per heavy atom. The van der Waals surface area contributed by atoms with Gasteiger partial charge in [0.2, 0.25) is 0 Å². The molecule has 0 aliphatic rings. The molecule has 2 rings (SSSR count). The number of hydrogen-bond donors (Lipinski definition) is 0. The van der Waals surface area contributed by atoms with Crippen LogP contribution in [-0.2, 0) is 0 Å². The molecular formula is C11H9Cl2N3. The van der Waals surface area contributed by atoms with Gasteiger partial charge >= 0.3 is 0 Å². The number of aromatic nitrogens is 3. The molecule has 82 valence electrons. The average molecular weight is 254 g/mol. The lowest BCUT2D eigenvalue weighted by atomic mass is 10.1. The molecule has 2 aromatic heterocycles. The second kappa shape index (κ2) is 4.36. The molecule has 0 amide bonds. The van der Waals surface area contributed by atoms with Crippen LogP contribution >= 0.6 is 23.2 Å². The van der Waals surface area contributed by atoms with E-state index in [1.165, 1.54) is 0 Å². The standard InChI is InChI=1S/C11H9Cl2N3/c1-6-5-14-4-3-8(6)11-15-9(12)7(2)10(13)16-11/h3-5H,1-2H3. The number of halogens is 2. The minimum Gasteiger partial charge on any atom is -0.264 e. The first-order valence-electron chi connectivity index (χ1n) is 4.70. The van der Waals surface area contributed by atoms with Gasteiger partial charge in [-0.25, -0.2) is 9.97 Å². The van der Waals surface area contributed by atoms with Crippen molar-refractivity contribution in [2.24, 2.45) is 0 Å². The lowest BCUT2D eigenvalue weighted by Crippen LogP contribution is -1.95. The van der Waals surface area contributed by atoms with Gasteiger partial charge in [-0.2, -0.15) is 0 Å². The zero-order valence-electron chi connectivity index (χ0n) is 8.83. The van der Waals surface area contributed by atoms with Crippen LogP contribution in [0.2, 0.25) is 10.3 Å². The van der Waals surface area contributed by atoms with E-state index in [4.69, 9.17) is 23.2 Å². The van der Waals surface area contributed by atoms with Crippen LogP contribution in [-0.4, -0.2) is 15.0 Å². The van der Waals surface area contributed by atoms with E-state index in [1.807, 2.05) is 13.0 Å². The molecule has 0 saturated heterocycles. The summed E-state index contributed by atoms with van der Waals surface area (Å²) >= 11 is 11.9. The van der Waals surface area contributed by atoms with Crippen molar-refractivity contribution in [1.29, 1.82) is 0 Å². The first-order valence-corrected chi connectivity index (χ1v) is 5.46. The normalized spacial score (nSPS) is 10.5. The van der Waals surface area contributed by atoms with Crippen LogP contribution in [0.5, 0.6) is 0 Å². The molecule has 0 fully saturated rings. The Labute approximate surface area is 103 Å². The summed E-state index contributed by atoms with van der Waals surface area (Å²) < 4.78 is 0. The zero-order chi connectivity index (χ0) is 11.7. The van der Waals surface area contributed by atoms with Crippen molar-refractivity contribution in [3.63, 3.8) is 0 Å². The summed E-state index contributed by atoms with van der Waals surface area (Å²) in [5.74, 6) is 0.528. The van der Waals surface area contributed by atoms with E-state index in [0.29, 0.717) is 21.7 Å². The van der Waals surface area contributed by atoms with Gasteiger partial charge in [-0.1, -0.05) is 23.2 Å². The quantitative estimate of drug-likeness (QED) is 0.731. The van der Waals surface area contributed by atoms with E-state index in [-0.39, 0.29) is 0 Å². The van der Waals surface area contributed by atoms with Crippen molar-refractivity contribution < 1.29 is 0 Å². The van der Waals surface area contributed by atoms with E-state index in [2.05, 4.69) is 15.0 Å². The van der Waals surface area contributed by atoms with Crippen molar-refractivity contribution in [2.45, 2.75) is 13.8 Å². The van der Waals surface area contributed by atoms with Crippen LogP contribution in [0.25, 0.3) is 11.4 Å². The Balaban J connectivity index is 2.62. The molecule has 0 aliphatic carbocycles. The predicted octanol–water partition coefficient (Wildman–Crippen LogP) is 3.46. The average Bonchev–Trinajstić information content (AvgIpc) is 2.26. The molecule has 0 N–H and O–H groups in total. The molecule has 0 aromatic carbocycles. The van der Waals surface area contributed by atoms with Gasteiger partial charge in [0, 0.05) is 23.5 Å². The van der Waals surface area contributed by atoms with E-state index < -0.39 is 0 Å². The number of pyridine rings is 1. The van der Waals surface area contributed by atoms with Crippen LogP contribution in [0.4, 0.5) is 0 Å². The monoisotopic (exact) mass is 253 g/mol. The van der Waals surface area contributed by atoms with Crippen molar-refractivity contribution in [3.8, 4) is 11.4 Å². The van der Waals surface area contributed by atoms with Gasteiger partial charge in [0.25, 0.3) is 0 Å². The van der Waals surface area contributed by atoms with Gasteiger partial charge in [0.05, 0.1) is 0 Å². The Morgan fingerprint density at radius 3 is 2.25 bits per heavy atom. The molecule has 0 spiro atoms. The van der Waals surface area contributed by atoms with Crippen LogP contribution < -0.4 is 0 Å². The highest BCUT2D eigenvalue weighted by atomic mass is 35.5. The number of nitrogens with zero attached hydrogens (tertiary/aromatic N) is 3. The fourth-order valence-electron chi connectivity index (χ4n) is 1.31. The molecule has 0 radical (unpaired) electrons. The summed E-state index contributed by atoms with van der Waals surface area (Å²) in [6.07, 6.45) is 3.44. The molecule has 0 saturated carbocycles. The molecule has 5 heteroatoms. The molecule has 2 heterocycles. The van der Waals surface area contributed by atoms with E-state index in [9.17, 15) is 0 Å². The fraction of sp³-hybridized carbons (Fsp3) is 0.182. The summed E-state index contributed by atoms with van der Waals surface area (Å²) in [6, 6.07) is 1.84. The first kappa shape index (κ1) is 11.3. The topological polar surface area (TPSA) is 38.7 Å². The minimum atomic E-state index is 0.381. The first-order chi connectivity index (χ1) is 7.59.